The Morgan fingerprint density at radius 1 is 1.39 bits per heavy atom. The van der Waals surface area contributed by atoms with E-state index < -0.39 is 0 Å². The first-order valence-corrected chi connectivity index (χ1v) is 8.33. The van der Waals surface area contributed by atoms with Crippen molar-refractivity contribution in [1.82, 2.24) is 9.97 Å². The van der Waals surface area contributed by atoms with Gasteiger partial charge in [0.05, 0.1) is 11.3 Å². The van der Waals surface area contributed by atoms with Gasteiger partial charge in [0.2, 0.25) is 0 Å². The monoisotopic (exact) mass is 325 g/mol. The summed E-state index contributed by atoms with van der Waals surface area (Å²) >= 11 is 1.57. The summed E-state index contributed by atoms with van der Waals surface area (Å²) in [7, 11) is 0. The van der Waals surface area contributed by atoms with Gasteiger partial charge in [-0.2, -0.15) is 0 Å². The van der Waals surface area contributed by atoms with Crippen molar-refractivity contribution in [1.29, 1.82) is 0 Å². The first kappa shape index (κ1) is 14.1. The molecule has 0 aromatic carbocycles. The molecule has 3 heterocycles. The van der Waals surface area contributed by atoms with Crippen LogP contribution in [0.5, 0.6) is 0 Å². The van der Waals surface area contributed by atoms with Crippen molar-refractivity contribution in [3.63, 3.8) is 0 Å². The molecule has 0 saturated carbocycles. The quantitative estimate of drug-likeness (QED) is 0.794. The maximum absolute atomic E-state index is 12.5. The van der Waals surface area contributed by atoms with Gasteiger partial charge >= 0.3 is 0 Å². The van der Waals surface area contributed by atoms with Gasteiger partial charge in [0.1, 0.15) is 11.5 Å². The number of hydrogen-bond donors (Lipinski definition) is 1. The van der Waals surface area contributed by atoms with Crippen LogP contribution >= 0.6 is 11.3 Å². The van der Waals surface area contributed by atoms with Gasteiger partial charge in [-0.25, -0.2) is 4.98 Å². The molecule has 0 radical (unpaired) electrons. The SMILES string of the molecule is Cc1oc(-c2cccnc2)cc1C(=O)Nc1nc2c(s1)CCC2. The zero-order chi connectivity index (χ0) is 15.8. The molecule has 0 aliphatic heterocycles. The Morgan fingerprint density at radius 2 is 2.30 bits per heavy atom. The molecule has 0 spiro atoms. The fraction of sp³-hybridized carbons (Fsp3) is 0.235. The highest BCUT2D eigenvalue weighted by Crippen LogP contribution is 2.31. The number of anilines is 1. The second-order valence-corrected chi connectivity index (χ2v) is 6.60. The number of furan rings is 1. The van der Waals surface area contributed by atoms with Crippen LogP contribution in [0.15, 0.2) is 35.0 Å². The van der Waals surface area contributed by atoms with Crippen LogP contribution in [0.1, 0.15) is 33.1 Å². The van der Waals surface area contributed by atoms with Crippen LogP contribution in [-0.4, -0.2) is 15.9 Å². The highest BCUT2D eigenvalue weighted by molar-refractivity contribution is 7.16. The van der Waals surface area contributed by atoms with Gasteiger partial charge < -0.3 is 4.42 Å². The maximum atomic E-state index is 12.5. The highest BCUT2D eigenvalue weighted by Gasteiger charge is 2.20. The average molecular weight is 325 g/mol. The molecule has 1 aliphatic rings. The summed E-state index contributed by atoms with van der Waals surface area (Å²) in [5.74, 6) is 1.04. The zero-order valence-corrected chi connectivity index (χ0v) is 13.4. The lowest BCUT2D eigenvalue weighted by Crippen LogP contribution is -2.12. The van der Waals surface area contributed by atoms with Gasteiger partial charge in [-0.1, -0.05) is 0 Å². The van der Waals surface area contributed by atoms with E-state index in [1.54, 1.807) is 36.7 Å². The number of nitrogens with zero attached hydrogens (tertiary/aromatic N) is 2. The van der Waals surface area contributed by atoms with Crippen LogP contribution in [0.4, 0.5) is 5.13 Å². The Balaban J connectivity index is 1.57. The number of hydrogen-bond acceptors (Lipinski definition) is 5. The Bertz CT molecular complexity index is 846. The van der Waals surface area contributed by atoms with E-state index >= 15 is 0 Å². The van der Waals surface area contributed by atoms with Gasteiger partial charge in [-0.15, -0.1) is 11.3 Å². The maximum Gasteiger partial charge on any atom is 0.261 e. The molecule has 3 aromatic heterocycles. The molecule has 0 unspecified atom stereocenters. The van der Waals surface area contributed by atoms with E-state index in [2.05, 4.69) is 15.3 Å². The number of fused-ring (bicyclic) bond motifs is 1. The Morgan fingerprint density at radius 3 is 3.09 bits per heavy atom. The van der Waals surface area contributed by atoms with E-state index in [1.807, 2.05) is 12.1 Å². The van der Waals surface area contributed by atoms with Crippen molar-refractivity contribution in [3.05, 3.63) is 52.5 Å². The number of thiazole rings is 1. The number of rotatable bonds is 3. The van der Waals surface area contributed by atoms with Gasteiger partial charge in [0, 0.05) is 22.8 Å². The lowest BCUT2D eigenvalue weighted by Gasteiger charge is -1.99. The van der Waals surface area contributed by atoms with Crippen molar-refractivity contribution in [2.24, 2.45) is 0 Å². The van der Waals surface area contributed by atoms with Crippen LogP contribution in [-0.2, 0) is 12.8 Å². The molecule has 6 heteroatoms. The Labute approximate surface area is 137 Å². The lowest BCUT2D eigenvalue weighted by molar-refractivity contribution is 0.102. The fourth-order valence-corrected chi connectivity index (χ4v) is 3.81. The minimum absolute atomic E-state index is 0.186. The molecular formula is C17H15N3O2S. The van der Waals surface area contributed by atoms with Gasteiger partial charge in [-0.05, 0) is 44.4 Å². The third-order valence-corrected chi connectivity index (χ3v) is 5.00. The molecule has 1 aliphatic carbocycles. The third-order valence-electron chi connectivity index (χ3n) is 3.92. The summed E-state index contributed by atoms with van der Waals surface area (Å²) < 4.78 is 5.70. The van der Waals surface area contributed by atoms with E-state index in [0.717, 1.165) is 30.5 Å². The predicted molar refractivity (Wildman–Crippen MR) is 88.8 cm³/mol. The zero-order valence-electron chi connectivity index (χ0n) is 12.6. The standard InChI is InChI=1S/C17H15N3O2S/c1-10-12(8-14(22-10)11-4-3-7-18-9-11)16(21)20-17-19-13-5-2-6-15(13)23-17/h3-4,7-9H,2,5-6H2,1H3,(H,19,20,21). The largest absolute Gasteiger partial charge is 0.460 e. The number of nitrogens with one attached hydrogen (secondary N) is 1. The second kappa shape index (κ2) is 5.62. The molecule has 116 valence electrons. The smallest absolute Gasteiger partial charge is 0.261 e. The van der Waals surface area contributed by atoms with E-state index in [-0.39, 0.29) is 5.91 Å². The summed E-state index contributed by atoms with van der Waals surface area (Å²) in [6, 6.07) is 5.49. The molecule has 0 saturated heterocycles. The molecule has 1 amide bonds. The third kappa shape index (κ3) is 2.66. The van der Waals surface area contributed by atoms with Crippen molar-refractivity contribution in [2.75, 3.05) is 5.32 Å². The summed E-state index contributed by atoms with van der Waals surface area (Å²) in [5.41, 5.74) is 2.51. The summed E-state index contributed by atoms with van der Waals surface area (Å²) in [6.07, 6.45) is 6.66. The minimum atomic E-state index is -0.186. The second-order valence-electron chi connectivity index (χ2n) is 5.52. The molecule has 0 fully saturated rings. The lowest BCUT2D eigenvalue weighted by atomic mass is 10.2. The number of amides is 1. The van der Waals surface area contributed by atoms with Gasteiger partial charge in [-0.3, -0.25) is 15.1 Å². The molecule has 0 bridgehead atoms. The van der Waals surface area contributed by atoms with Crippen molar-refractivity contribution >= 4 is 22.4 Å². The van der Waals surface area contributed by atoms with Crippen LogP contribution in [0.25, 0.3) is 11.3 Å². The van der Waals surface area contributed by atoms with E-state index in [0.29, 0.717) is 22.2 Å². The van der Waals surface area contributed by atoms with Crippen LogP contribution in [0.2, 0.25) is 0 Å². The number of aryl methyl sites for hydroxylation is 3. The van der Waals surface area contributed by atoms with E-state index in [1.165, 1.54) is 4.88 Å². The molecule has 1 N–H and O–H groups in total. The molecule has 23 heavy (non-hydrogen) atoms. The van der Waals surface area contributed by atoms with Gasteiger partial charge in [0.25, 0.3) is 5.91 Å². The topological polar surface area (TPSA) is 68.0 Å². The van der Waals surface area contributed by atoms with E-state index in [4.69, 9.17) is 4.42 Å². The number of carbonyl (C=O) groups excluding carboxylic acids is 1. The highest BCUT2D eigenvalue weighted by atomic mass is 32.1. The van der Waals surface area contributed by atoms with Crippen LogP contribution in [0.3, 0.4) is 0 Å². The first-order valence-electron chi connectivity index (χ1n) is 7.51. The summed E-state index contributed by atoms with van der Waals surface area (Å²) in [6.45, 7) is 1.79. The van der Waals surface area contributed by atoms with Crippen LogP contribution in [0, 0.1) is 6.92 Å². The van der Waals surface area contributed by atoms with Crippen molar-refractivity contribution in [2.45, 2.75) is 26.2 Å². The predicted octanol–water partition coefficient (Wildman–Crippen LogP) is 3.85. The molecule has 5 nitrogen and oxygen atoms in total. The Kier molecular flexibility index (Phi) is 3.46. The average Bonchev–Trinajstić information content (AvgIpc) is 3.22. The van der Waals surface area contributed by atoms with Crippen LogP contribution < -0.4 is 5.32 Å². The minimum Gasteiger partial charge on any atom is -0.460 e. The Hall–Kier alpha value is -2.47. The summed E-state index contributed by atoms with van der Waals surface area (Å²) in [5, 5.41) is 3.56. The van der Waals surface area contributed by atoms with Crippen molar-refractivity contribution in [3.8, 4) is 11.3 Å². The normalized spacial score (nSPS) is 13.1. The van der Waals surface area contributed by atoms with Gasteiger partial charge in [0.15, 0.2) is 5.13 Å². The summed E-state index contributed by atoms with van der Waals surface area (Å²) in [4.78, 5) is 22.3. The number of carbonyl (C=O) groups is 1. The first-order chi connectivity index (χ1) is 11.2. The number of aromatic nitrogens is 2. The molecule has 4 rings (SSSR count). The molecular weight excluding hydrogens is 310 g/mol. The number of pyridine rings is 1. The molecule has 3 aromatic rings. The molecule has 0 atom stereocenters. The fourth-order valence-electron chi connectivity index (χ4n) is 2.77. The van der Waals surface area contributed by atoms with E-state index in [9.17, 15) is 4.79 Å². The van der Waals surface area contributed by atoms with Crippen molar-refractivity contribution < 1.29 is 9.21 Å².